The van der Waals surface area contributed by atoms with Crippen LogP contribution in [-0.2, 0) is 0 Å². The van der Waals surface area contributed by atoms with Gasteiger partial charge in [-0.05, 0) is 25.1 Å². The van der Waals surface area contributed by atoms with Crippen LogP contribution in [0.4, 0.5) is 0 Å². The SMILES string of the molecule is CCOc1cc(C(=O)[O-])cc(C(=O)O)c1. The smallest absolute Gasteiger partial charge is 0.335 e. The topological polar surface area (TPSA) is 86.7 Å². The van der Waals surface area contributed by atoms with Crippen LogP contribution in [0.2, 0.25) is 0 Å². The van der Waals surface area contributed by atoms with Crippen LogP contribution >= 0.6 is 0 Å². The van der Waals surface area contributed by atoms with Crippen LogP contribution in [0, 0.1) is 0 Å². The molecule has 15 heavy (non-hydrogen) atoms. The monoisotopic (exact) mass is 209 g/mol. The first kappa shape index (κ1) is 11.0. The van der Waals surface area contributed by atoms with Gasteiger partial charge < -0.3 is 19.7 Å². The zero-order chi connectivity index (χ0) is 11.4. The van der Waals surface area contributed by atoms with Crippen LogP contribution in [0.25, 0.3) is 0 Å². The maximum Gasteiger partial charge on any atom is 0.335 e. The van der Waals surface area contributed by atoms with E-state index in [2.05, 4.69) is 0 Å². The van der Waals surface area contributed by atoms with Gasteiger partial charge in [-0.25, -0.2) is 4.79 Å². The Labute approximate surface area is 85.9 Å². The zero-order valence-electron chi connectivity index (χ0n) is 8.02. The Hall–Kier alpha value is -2.04. The van der Waals surface area contributed by atoms with Gasteiger partial charge in [-0.2, -0.15) is 0 Å². The fourth-order valence-electron chi connectivity index (χ4n) is 1.09. The maximum absolute atomic E-state index is 10.7. The van der Waals surface area contributed by atoms with Gasteiger partial charge in [0.2, 0.25) is 0 Å². The molecule has 1 rings (SSSR count). The van der Waals surface area contributed by atoms with Crippen molar-refractivity contribution in [3.8, 4) is 5.75 Å². The minimum atomic E-state index is -1.43. The molecule has 0 unspecified atom stereocenters. The summed E-state index contributed by atoms with van der Waals surface area (Å²) in [6, 6.07) is 3.52. The highest BCUT2D eigenvalue weighted by Gasteiger charge is 2.08. The molecule has 0 aliphatic heterocycles. The molecule has 5 nitrogen and oxygen atoms in total. The summed E-state index contributed by atoms with van der Waals surface area (Å²) >= 11 is 0. The molecular formula is C10H9O5-. The lowest BCUT2D eigenvalue weighted by Crippen LogP contribution is -2.22. The molecule has 0 aliphatic carbocycles. The normalized spacial score (nSPS) is 9.67. The molecule has 0 atom stereocenters. The molecule has 0 bridgehead atoms. The lowest BCUT2D eigenvalue weighted by atomic mass is 10.1. The van der Waals surface area contributed by atoms with Gasteiger partial charge in [0.25, 0.3) is 0 Å². The molecule has 80 valence electrons. The molecule has 0 aromatic heterocycles. The van der Waals surface area contributed by atoms with Crippen molar-refractivity contribution in [2.24, 2.45) is 0 Å². The highest BCUT2D eigenvalue weighted by Crippen LogP contribution is 2.17. The predicted molar refractivity (Wildman–Crippen MR) is 48.9 cm³/mol. The summed E-state index contributed by atoms with van der Waals surface area (Å²) in [5, 5.41) is 19.3. The average molecular weight is 209 g/mol. The van der Waals surface area contributed by atoms with Crippen molar-refractivity contribution in [2.45, 2.75) is 6.92 Å². The molecule has 5 heteroatoms. The number of benzene rings is 1. The van der Waals surface area contributed by atoms with E-state index >= 15 is 0 Å². The van der Waals surface area contributed by atoms with Crippen LogP contribution in [0.15, 0.2) is 18.2 Å². The maximum atomic E-state index is 10.7. The van der Waals surface area contributed by atoms with E-state index in [0.717, 1.165) is 6.07 Å². The number of ether oxygens (including phenoxy) is 1. The van der Waals surface area contributed by atoms with E-state index < -0.39 is 11.9 Å². The van der Waals surface area contributed by atoms with Crippen LogP contribution in [0.3, 0.4) is 0 Å². The number of hydrogen-bond acceptors (Lipinski definition) is 4. The van der Waals surface area contributed by atoms with Crippen molar-refractivity contribution < 1.29 is 24.5 Å². The number of carboxylic acid groups (broad SMARTS) is 2. The number of hydrogen-bond donors (Lipinski definition) is 1. The highest BCUT2D eigenvalue weighted by atomic mass is 16.5. The molecule has 0 aliphatic rings. The number of carboxylic acids is 2. The summed E-state index contributed by atoms with van der Waals surface area (Å²) in [6.45, 7) is 2.04. The first-order valence-electron chi connectivity index (χ1n) is 4.27. The van der Waals surface area contributed by atoms with Crippen molar-refractivity contribution in [3.05, 3.63) is 29.3 Å². The van der Waals surface area contributed by atoms with E-state index in [-0.39, 0.29) is 16.9 Å². The standard InChI is InChI=1S/C10H10O5/c1-2-15-8-4-6(9(11)12)3-7(5-8)10(13)14/h3-5H,2H2,1H3,(H,11,12)(H,13,14)/p-1. The average Bonchev–Trinajstić information content (AvgIpc) is 2.17. The lowest BCUT2D eigenvalue weighted by molar-refractivity contribution is -0.255. The third-order valence-electron chi connectivity index (χ3n) is 1.70. The second-order valence-electron chi connectivity index (χ2n) is 2.77. The molecule has 1 aromatic carbocycles. The summed E-state index contributed by atoms with van der Waals surface area (Å²) in [5.74, 6) is -2.44. The van der Waals surface area contributed by atoms with Crippen LogP contribution in [0.5, 0.6) is 5.75 Å². The number of carbonyl (C=O) groups excluding carboxylic acids is 1. The van der Waals surface area contributed by atoms with Crippen molar-refractivity contribution in [1.82, 2.24) is 0 Å². The largest absolute Gasteiger partial charge is 0.545 e. The highest BCUT2D eigenvalue weighted by molar-refractivity contribution is 5.93. The Morgan fingerprint density at radius 3 is 2.40 bits per heavy atom. The Kier molecular flexibility index (Phi) is 3.28. The number of carbonyl (C=O) groups is 2. The van der Waals surface area contributed by atoms with Gasteiger partial charge >= 0.3 is 5.97 Å². The summed E-state index contributed by atoms with van der Waals surface area (Å²) in [6.07, 6.45) is 0. The predicted octanol–water partition coefficient (Wildman–Crippen LogP) is 0.147. The van der Waals surface area contributed by atoms with Gasteiger partial charge in [0.15, 0.2) is 0 Å². The minimum absolute atomic E-state index is 0.139. The van der Waals surface area contributed by atoms with Gasteiger partial charge in [0.05, 0.1) is 18.1 Å². The second-order valence-corrected chi connectivity index (χ2v) is 2.77. The molecule has 0 saturated carbocycles. The lowest BCUT2D eigenvalue weighted by Gasteiger charge is -2.08. The van der Waals surface area contributed by atoms with Gasteiger partial charge in [0.1, 0.15) is 5.75 Å². The van der Waals surface area contributed by atoms with Gasteiger partial charge in [0, 0.05) is 5.56 Å². The van der Waals surface area contributed by atoms with E-state index in [9.17, 15) is 14.7 Å². The molecular weight excluding hydrogens is 200 g/mol. The fourth-order valence-corrected chi connectivity index (χ4v) is 1.09. The van der Waals surface area contributed by atoms with Crippen LogP contribution in [-0.4, -0.2) is 23.7 Å². The molecule has 0 saturated heterocycles. The first-order valence-corrected chi connectivity index (χ1v) is 4.27. The van der Waals surface area contributed by atoms with Gasteiger partial charge in [-0.1, -0.05) is 0 Å². The van der Waals surface area contributed by atoms with Gasteiger partial charge in [-0.15, -0.1) is 0 Å². The van der Waals surface area contributed by atoms with E-state index in [0.29, 0.717) is 6.61 Å². The molecule has 0 heterocycles. The Morgan fingerprint density at radius 1 is 1.33 bits per heavy atom. The van der Waals surface area contributed by atoms with Crippen molar-refractivity contribution in [1.29, 1.82) is 0 Å². The van der Waals surface area contributed by atoms with E-state index in [1.165, 1.54) is 12.1 Å². The van der Waals surface area contributed by atoms with Crippen molar-refractivity contribution >= 4 is 11.9 Å². The molecule has 0 spiro atoms. The summed E-state index contributed by atoms with van der Waals surface area (Å²) in [5.41, 5.74) is -0.349. The summed E-state index contributed by atoms with van der Waals surface area (Å²) in [4.78, 5) is 21.2. The van der Waals surface area contributed by atoms with Crippen LogP contribution in [0.1, 0.15) is 27.6 Å². The number of aromatic carboxylic acids is 2. The Morgan fingerprint density at radius 2 is 1.93 bits per heavy atom. The summed E-state index contributed by atoms with van der Waals surface area (Å²) in [7, 11) is 0. The minimum Gasteiger partial charge on any atom is -0.545 e. The van der Waals surface area contributed by atoms with Crippen molar-refractivity contribution in [2.75, 3.05) is 6.61 Å². The molecule has 0 fully saturated rings. The Bertz CT molecular complexity index is 365. The van der Waals surface area contributed by atoms with Crippen LogP contribution < -0.4 is 9.84 Å². The fraction of sp³-hybridized carbons (Fsp3) is 0.200. The molecule has 1 N–H and O–H groups in total. The first-order chi connectivity index (χ1) is 7.04. The van der Waals surface area contributed by atoms with Gasteiger partial charge in [-0.3, -0.25) is 0 Å². The third-order valence-corrected chi connectivity index (χ3v) is 1.70. The van der Waals surface area contributed by atoms with E-state index in [1.54, 1.807) is 6.92 Å². The Balaban J connectivity index is 3.19. The summed E-state index contributed by atoms with van der Waals surface area (Å²) < 4.78 is 5.03. The third kappa shape index (κ3) is 2.70. The van der Waals surface area contributed by atoms with E-state index in [4.69, 9.17) is 9.84 Å². The molecule has 1 aromatic rings. The van der Waals surface area contributed by atoms with E-state index in [1.807, 2.05) is 0 Å². The zero-order valence-corrected chi connectivity index (χ0v) is 8.02. The quantitative estimate of drug-likeness (QED) is 0.762. The molecule has 0 radical (unpaired) electrons. The second kappa shape index (κ2) is 4.45. The van der Waals surface area contributed by atoms with Crippen molar-refractivity contribution in [3.63, 3.8) is 0 Å². The number of rotatable bonds is 4. The molecule has 0 amide bonds.